The van der Waals surface area contributed by atoms with Gasteiger partial charge in [-0.3, -0.25) is 9.48 Å². The summed E-state index contributed by atoms with van der Waals surface area (Å²) in [6.07, 6.45) is -3.03. The highest BCUT2D eigenvalue weighted by Crippen LogP contribution is 2.34. The van der Waals surface area contributed by atoms with E-state index in [4.69, 9.17) is 0 Å². The second-order valence-electron chi connectivity index (χ2n) is 7.50. The molecule has 1 atom stereocenters. The summed E-state index contributed by atoms with van der Waals surface area (Å²) in [6.45, 7) is 0.381. The monoisotopic (exact) mass is 438 g/mol. The van der Waals surface area contributed by atoms with Crippen LogP contribution in [0.15, 0.2) is 42.6 Å². The van der Waals surface area contributed by atoms with Gasteiger partial charge < -0.3 is 0 Å². The summed E-state index contributed by atoms with van der Waals surface area (Å²) in [4.78, 5) is 12.8. The van der Waals surface area contributed by atoms with Gasteiger partial charge in [-0.2, -0.15) is 18.3 Å². The van der Waals surface area contributed by atoms with Crippen LogP contribution in [0, 0.1) is 23.4 Å². The number of benzene rings is 2. The SMILES string of the molecule is O=C(Cc1ccc(F)c(C(F)(F)F)c1)C1CCn2ncc(-c3ccc(F)cc3F)c2C1. The van der Waals surface area contributed by atoms with Crippen molar-refractivity contribution >= 4 is 5.78 Å². The first-order chi connectivity index (χ1) is 14.6. The van der Waals surface area contributed by atoms with Gasteiger partial charge in [0.2, 0.25) is 0 Å². The molecule has 9 heteroatoms. The van der Waals surface area contributed by atoms with Crippen LogP contribution in [-0.2, 0) is 30.4 Å². The molecule has 1 aromatic heterocycles. The molecule has 3 nitrogen and oxygen atoms in total. The highest BCUT2D eigenvalue weighted by molar-refractivity contribution is 5.84. The molecule has 1 aliphatic heterocycles. The molecule has 1 aliphatic rings. The number of hydrogen-bond donors (Lipinski definition) is 0. The van der Waals surface area contributed by atoms with E-state index in [0.717, 1.165) is 18.2 Å². The minimum atomic E-state index is -4.85. The second kappa shape index (κ2) is 7.86. The van der Waals surface area contributed by atoms with Crippen LogP contribution in [0.5, 0.6) is 0 Å². The van der Waals surface area contributed by atoms with Crippen LogP contribution in [0.2, 0.25) is 0 Å². The molecule has 1 unspecified atom stereocenters. The number of aryl methyl sites for hydroxylation is 1. The lowest BCUT2D eigenvalue weighted by Crippen LogP contribution is -2.27. The molecule has 162 valence electrons. The van der Waals surface area contributed by atoms with Crippen LogP contribution in [0.3, 0.4) is 0 Å². The van der Waals surface area contributed by atoms with Gasteiger partial charge in [-0.25, -0.2) is 13.2 Å². The molecule has 0 spiro atoms. The Kier molecular flexibility index (Phi) is 5.36. The lowest BCUT2D eigenvalue weighted by Gasteiger charge is -2.23. The lowest BCUT2D eigenvalue weighted by atomic mass is 9.87. The summed E-state index contributed by atoms with van der Waals surface area (Å²) in [5.74, 6) is -3.66. The first kappa shape index (κ1) is 21.1. The lowest BCUT2D eigenvalue weighted by molar-refractivity contribution is -0.140. The Balaban J connectivity index is 1.56. The van der Waals surface area contributed by atoms with Gasteiger partial charge in [-0.05, 0) is 42.7 Å². The average Bonchev–Trinajstić information content (AvgIpc) is 3.11. The van der Waals surface area contributed by atoms with E-state index in [0.29, 0.717) is 36.4 Å². The molecule has 0 saturated carbocycles. The third kappa shape index (κ3) is 4.22. The molecule has 0 aliphatic carbocycles. The fourth-order valence-electron chi connectivity index (χ4n) is 3.89. The van der Waals surface area contributed by atoms with Crippen molar-refractivity contribution in [3.63, 3.8) is 0 Å². The second-order valence-corrected chi connectivity index (χ2v) is 7.50. The Labute approximate surface area is 173 Å². The third-order valence-corrected chi connectivity index (χ3v) is 5.47. The third-order valence-electron chi connectivity index (χ3n) is 5.47. The van der Waals surface area contributed by atoms with Gasteiger partial charge in [-0.15, -0.1) is 0 Å². The van der Waals surface area contributed by atoms with E-state index < -0.39 is 35.1 Å². The summed E-state index contributed by atoms with van der Waals surface area (Å²) in [5.41, 5.74) is -0.137. The van der Waals surface area contributed by atoms with E-state index >= 15 is 0 Å². The quantitative estimate of drug-likeness (QED) is 0.514. The molecule has 0 N–H and O–H groups in total. The summed E-state index contributed by atoms with van der Waals surface area (Å²) in [5, 5.41) is 4.20. The van der Waals surface area contributed by atoms with Gasteiger partial charge in [-0.1, -0.05) is 6.07 Å². The Morgan fingerprint density at radius 2 is 1.81 bits per heavy atom. The summed E-state index contributed by atoms with van der Waals surface area (Å²) in [6, 6.07) is 5.70. The zero-order chi connectivity index (χ0) is 22.3. The molecular formula is C22H16F6N2O. The van der Waals surface area contributed by atoms with Gasteiger partial charge in [0.1, 0.15) is 23.2 Å². The standard InChI is InChI=1S/C22H16F6N2O/c23-14-2-3-15(19(25)10-14)16-11-29-30-6-5-13(9-20(16)30)21(31)8-12-1-4-18(24)17(7-12)22(26,27)28/h1-4,7,10-11,13H,5-6,8-9H2. The maximum atomic E-state index is 14.2. The number of hydrogen-bond acceptors (Lipinski definition) is 2. The molecule has 4 rings (SSSR count). The predicted molar refractivity (Wildman–Crippen MR) is 99.5 cm³/mol. The molecule has 0 saturated heterocycles. The van der Waals surface area contributed by atoms with Gasteiger partial charge in [0.15, 0.2) is 0 Å². The zero-order valence-corrected chi connectivity index (χ0v) is 16.0. The molecule has 2 heterocycles. The Morgan fingerprint density at radius 1 is 1.03 bits per heavy atom. The normalized spacial score (nSPS) is 16.3. The van der Waals surface area contributed by atoms with Crippen LogP contribution < -0.4 is 0 Å². The Bertz CT molecular complexity index is 1150. The Hall–Kier alpha value is -3.10. The molecular weight excluding hydrogens is 422 g/mol. The van der Waals surface area contributed by atoms with Gasteiger partial charge >= 0.3 is 6.18 Å². The van der Waals surface area contributed by atoms with Crippen molar-refractivity contribution < 1.29 is 31.1 Å². The van der Waals surface area contributed by atoms with E-state index in [1.165, 1.54) is 12.3 Å². The van der Waals surface area contributed by atoms with Gasteiger partial charge in [0.25, 0.3) is 0 Å². The van der Waals surface area contributed by atoms with Crippen molar-refractivity contribution in [1.82, 2.24) is 9.78 Å². The number of ketones is 1. The van der Waals surface area contributed by atoms with Crippen LogP contribution in [-0.4, -0.2) is 15.6 Å². The highest BCUT2D eigenvalue weighted by atomic mass is 19.4. The summed E-state index contributed by atoms with van der Waals surface area (Å²) < 4.78 is 81.4. The van der Waals surface area contributed by atoms with Crippen molar-refractivity contribution in [2.75, 3.05) is 0 Å². The predicted octanol–water partition coefficient (Wildman–Crippen LogP) is 5.36. The van der Waals surface area contributed by atoms with E-state index in [2.05, 4.69) is 5.10 Å². The fourth-order valence-corrected chi connectivity index (χ4v) is 3.89. The number of carbonyl (C=O) groups is 1. The summed E-state index contributed by atoms with van der Waals surface area (Å²) in [7, 11) is 0. The number of carbonyl (C=O) groups excluding carboxylic acids is 1. The van der Waals surface area contributed by atoms with E-state index in [1.54, 1.807) is 4.68 Å². The fraction of sp³-hybridized carbons (Fsp3) is 0.273. The van der Waals surface area contributed by atoms with E-state index in [-0.39, 0.29) is 29.8 Å². The Morgan fingerprint density at radius 3 is 2.52 bits per heavy atom. The number of rotatable bonds is 4. The molecule has 3 aromatic rings. The van der Waals surface area contributed by atoms with E-state index in [9.17, 15) is 31.1 Å². The minimum absolute atomic E-state index is 0.0719. The highest BCUT2D eigenvalue weighted by Gasteiger charge is 2.35. The molecule has 2 aromatic carbocycles. The van der Waals surface area contributed by atoms with Crippen molar-refractivity contribution in [1.29, 1.82) is 0 Å². The van der Waals surface area contributed by atoms with Crippen molar-refractivity contribution in [2.45, 2.75) is 32.0 Å². The largest absolute Gasteiger partial charge is 0.419 e. The van der Waals surface area contributed by atoms with Crippen molar-refractivity contribution in [2.24, 2.45) is 5.92 Å². The zero-order valence-electron chi connectivity index (χ0n) is 16.0. The molecule has 0 radical (unpaired) electrons. The number of alkyl halides is 3. The van der Waals surface area contributed by atoms with Crippen LogP contribution in [0.25, 0.3) is 11.1 Å². The molecule has 0 amide bonds. The van der Waals surface area contributed by atoms with Gasteiger partial charge in [0, 0.05) is 41.8 Å². The topological polar surface area (TPSA) is 34.9 Å². The average molecular weight is 438 g/mol. The first-order valence-electron chi connectivity index (χ1n) is 9.52. The molecule has 0 fully saturated rings. The van der Waals surface area contributed by atoms with Crippen LogP contribution >= 0.6 is 0 Å². The molecule has 31 heavy (non-hydrogen) atoms. The smallest absolute Gasteiger partial charge is 0.299 e. The van der Waals surface area contributed by atoms with Crippen molar-refractivity contribution in [3.8, 4) is 11.1 Å². The minimum Gasteiger partial charge on any atom is -0.299 e. The maximum absolute atomic E-state index is 14.2. The first-order valence-corrected chi connectivity index (χ1v) is 9.52. The van der Waals surface area contributed by atoms with Crippen LogP contribution in [0.1, 0.15) is 23.2 Å². The van der Waals surface area contributed by atoms with Crippen LogP contribution in [0.4, 0.5) is 26.3 Å². The molecule has 0 bridgehead atoms. The maximum Gasteiger partial charge on any atom is 0.419 e. The number of halogens is 6. The number of aromatic nitrogens is 2. The van der Waals surface area contributed by atoms with Crippen molar-refractivity contribution in [3.05, 3.63) is 76.9 Å². The van der Waals surface area contributed by atoms with E-state index in [1.807, 2.05) is 0 Å². The number of nitrogens with zero attached hydrogens (tertiary/aromatic N) is 2. The number of fused-ring (bicyclic) bond motifs is 1. The summed E-state index contributed by atoms with van der Waals surface area (Å²) >= 11 is 0. The van der Waals surface area contributed by atoms with Gasteiger partial charge in [0.05, 0.1) is 11.8 Å². The number of Topliss-reactive ketones (excluding diaryl/α,β-unsaturated/α-hetero) is 1.